The Morgan fingerprint density at radius 2 is 0.854 bits per heavy atom. The van der Waals surface area contributed by atoms with Gasteiger partial charge < -0.3 is 14.6 Å². The molecule has 0 heterocycles. The van der Waals surface area contributed by atoms with Crippen LogP contribution in [0.5, 0.6) is 0 Å². The molecule has 0 atom stereocenters. The maximum Gasteiger partial charge on any atom is 0.337 e. The molecule has 0 unspecified atom stereocenters. The Bertz CT molecular complexity index is 1620. The predicted molar refractivity (Wildman–Crippen MR) is 162 cm³/mol. The van der Waals surface area contributed by atoms with Crippen molar-refractivity contribution in [1.82, 2.24) is 0 Å². The SMILES string of the molecule is COC(=O)c1ccc(/C=C/c2ccc(/C=C/c3ccc(C(=O)OC)cc3)c(/C=C/c3ccc(C(=O)O)cc3)c2)cc1. The number of carbonyl (C=O) groups excluding carboxylic acids is 2. The van der Waals surface area contributed by atoms with Crippen LogP contribution in [0.3, 0.4) is 0 Å². The van der Waals surface area contributed by atoms with E-state index in [-0.39, 0.29) is 17.5 Å². The normalized spacial score (nSPS) is 11.3. The van der Waals surface area contributed by atoms with Gasteiger partial charge in [-0.05, 0) is 75.8 Å². The largest absolute Gasteiger partial charge is 0.478 e. The van der Waals surface area contributed by atoms with Crippen LogP contribution in [-0.2, 0) is 9.47 Å². The lowest BCUT2D eigenvalue weighted by Gasteiger charge is -2.05. The van der Waals surface area contributed by atoms with Gasteiger partial charge in [0, 0.05) is 0 Å². The summed E-state index contributed by atoms with van der Waals surface area (Å²) in [6, 6.07) is 27.1. The molecule has 4 aromatic rings. The number of esters is 2. The van der Waals surface area contributed by atoms with Gasteiger partial charge in [0.15, 0.2) is 0 Å². The molecule has 4 aromatic carbocycles. The van der Waals surface area contributed by atoms with E-state index in [1.165, 1.54) is 14.2 Å². The first kappa shape index (κ1) is 28.5. The number of methoxy groups -OCH3 is 2. The molecule has 0 amide bonds. The zero-order valence-corrected chi connectivity index (χ0v) is 22.6. The summed E-state index contributed by atoms with van der Waals surface area (Å²) < 4.78 is 9.52. The van der Waals surface area contributed by atoms with Crippen LogP contribution in [0.1, 0.15) is 64.5 Å². The Morgan fingerprint density at radius 1 is 0.488 bits per heavy atom. The average molecular weight is 545 g/mol. The van der Waals surface area contributed by atoms with Crippen LogP contribution in [-0.4, -0.2) is 37.2 Å². The number of aromatic carboxylic acids is 1. The van der Waals surface area contributed by atoms with E-state index in [2.05, 4.69) is 6.07 Å². The summed E-state index contributed by atoms with van der Waals surface area (Å²) in [7, 11) is 2.71. The number of rotatable bonds is 9. The fraction of sp³-hybridized carbons (Fsp3) is 0.0571. The van der Waals surface area contributed by atoms with Crippen molar-refractivity contribution in [1.29, 1.82) is 0 Å². The van der Waals surface area contributed by atoms with Gasteiger partial charge in [-0.3, -0.25) is 0 Å². The van der Waals surface area contributed by atoms with Crippen LogP contribution in [0.2, 0.25) is 0 Å². The van der Waals surface area contributed by atoms with Crippen molar-refractivity contribution < 1.29 is 29.0 Å². The first-order valence-electron chi connectivity index (χ1n) is 12.7. The lowest BCUT2D eigenvalue weighted by Crippen LogP contribution is -2.00. The molecule has 6 heteroatoms. The van der Waals surface area contributed by atoms with E-state index in [0.29, 0.717) is 11.1 Å². The molecular formula is C35H28O6. The Hall–Kier alpha value is -5.49. The van der Waals surface area contributed by atoms with Crippen LogP contribution < -0.4 is 0 Å². The number of hydrogen-bond donors (Lipinski definition) is 1. The van der Waals surface area contributed by atoms with Crippen molar-refractivity contribution in [2.75, 3.05) is 14.2 Å². The highest BCUT2D eigenvalue weighted by Crippen LogP contribution is 2.21. The lowest BCUT2D eigenvalue weighted by molar-refractivity contribution is 0.0592. The summed E-state index contributed by atoms with van der Waals surface area (Å²) in [5, 5.41) is 9.17. The molecule has 0 saturated carbocycles. The van der Waals surface area contributed by atoms with E-state index in [0.717, 1.165) is 33.4 Å². The summed E-state index contributed by atoms with van der Waals surface area (Å²) in [5.41, 5.74) is 6.85. The molecule has 0 aliphatic rings. The molecular weight excluding hydrogens is 516 g/mol. The van der Waals surface area contributed by atoms with Gasteiger partial charge in [-0.15, -0.1) is 0 Å². The minimum atomic E-state index is -0.966. The van der Waals surface area contributed by atoms with Gasteiger partial charge in [0.05, 0.1) is 30.9 Å². The van der Waals surface area contributed by atoms with Crippen molar-refractivity contribution in [2.45, 2.75) is 0 Å². The zero-order valence-electron chi connectivity index (χ0n) is 22.6. The van der Waals surface area contributed by atoms with Gasteiger partial charge in [0.1, 0.15) is 0 Å². The fourth-order valence-corrected chi connectivity index (χ4v) is 3.99. The van der Waals surface area contributed by atoms with Crippen molar-refractivity contribution in [3.63, 3.8) is 0 Å². The Balaban J connectivity index is 1.61. The van der Waals surface area contributed by atoms with Crippen molar-refractivity contribution in [3.05, 3.63) is 141 Å². The summed E-state index contributed by atoms with van der Waals surface area (Å²) in [5.74, 6) is -1.73. The van der Waals surface area contributed by atoms with Gasteiger partial charge >= 0.3 is 17.9 Å². The molecule has 0 bridgehead atoms. The van der Waals surface area contributed by atoms with E-state index in [4.69, 9.17) is 14.6 Å². The first-order valence-corrected chi connectivity index (χ1v) is 12.7. The number of ether oxygens (including phenoxy) is 2. The standard InChI is InChI=1S/C35H28O6/c1-40-34(38)30-18-8-24(9-19-30)3-4-27-13-15-28(14-5-25-10-20-31(21-11-25)35(39)41-2)32(23-27)22-12-26-6-16-29(17-7-26)33(36)37/h3-23H,1-2H3,(H,36,37)/b4-3+,14-5+,22-12+. The van der Waals surface area contributed by atoms with Gasteiger partial charge in [0.2, 0.25) is 0 Å². The van der Waals surface area contributed by atoms with Crippen molar-refractivity contribution in [2.24, 2.45) is 0 Å². The molecule has 0 fully saturated rings. The third kappa shape index (κ3) is 7.77. The number of hydrogen-bond acceptors (Lipinski definition) is 5. The number of carboxylic acids is 1. The summed E-state index contributed by atoms with van der Waals surface area (Å²) >= 11 is 0. The second-order valence-electron chi connectivity index (χ2n) is 9.04. The molecule has 0 aliphatic heterocycles. The van der Waals surface area contributed by atoms with Gasteiger partial charge in [-0.2, -0.15) is 0 Å². The van der Waals surface area contributed by atoms with Crippen LogP contribution in [0.15, 0.2) is 91.0 Å². The maximum absolute atomic E-state index is 11.7. The predicted octanol–water partition coefficient (Wildman–Crippen LogP) is 7.47. The molecule has 0 radical (unpaired) electrons. The van der Waals surface area contributed by atoms with Crippen LogP contribution in [0.4, 0.5) is 0 Å². The van der Waals surface area contributed by atoms with Gasteiger partial charge in [0.25, 0.3) is 0 Å². The molecule has 0 saturated heterocycles. The van der Waals surface area contributed by atoms with Gasteiger partial charge in [-0.25, -0.2) is 14.4 Å². The summed E-state index contributed by atoms with van der Waals surface area (Å²) in [4.78, 5) is 34.6. The topological polar surface area (TPSA) is 89.9 Å². The second-order valence-corrected chi connectivity index (χ2v) is 9.04. The van der Waals surface area contributed by atoms with E-state index < -0.39 is 5.97 Å². The third-order valence-electron chi connectivity index (χ3n) is 6.31. The molecule has 0 aliphatic carbocycles. The Kier molecular flexibility index (Phi) is 9.41. The highest BCUT2D eigenvalue weighted by Gasteiger charge is 2.05. The number of benzene rings is 4. The lowest BCUT2D eigenvalue weighted by atomic mass is 10.00. The second kappa shape index (κ2) is 13.5. The molecule has 0 aromatic heterocycles. The Morgan fingerprint density at radius 3 is 1.29 bits per heavy atom. The maximum atomic E-state index is 11.7. The smallest absolute Gasteiger partial charge is 0.337 e. The first-order chi connectivity index (χ1) is 19.9. The highest BCUT2D eigenvalue weighted by atomic mass is 16.5. The van der Waals surface area contributed by atoms with Crippen molar-refractivity contribution >= 4 is 54.4 Å². The monoisotopic (exact) mass is 544 g/mol. The average Bonchev–Trinajstić information content (AvgIpc) is 3.02. The van der Waals surface area contributed by atoms with Crippen LogP contribution >= 0.6 is 0 Å². The van der Waals surface area contributed by atoms with Gasteiger partial charge in [-0.1, -0.05) is 85.0 Å². The minimum Gasteiger partial charge on any atom is -0.478 e. The molecule has 6 nitrogen and oxygen atoms in total. The third-order valence-corrected chi connectivity index (χ3v) is 6.31. The van der Waals surface area contributed by atoms with E-state index in [1.54, 1.807) is 48.5 Å². The van der Waals surface area contributed by atoms with Crippen molar-refractivity contribution in [3.8, 4) is 0 Å². The molecule has 41 heavy (non-hydrogen) atoms. The van der Waals surface area contributed by atoms with Crippen LogP contribution in [0.25, 0.3) is 36.5 Å². The highest BCUT2D eigenvalue weighted by molar-refractivity contribution is 5.91. The zero-order chi connectivity index (χ0) is 29.2. The Labute approximate surface area is 238 Å². The van der Waals surface area contributed by atoms with Crippen LogP contribution in [0, 0.1) is 0 Å². The van der Waals surface area contributed by atoms with E-state index in [1.807, 2.05) is 72.9 Å². The summed E-state index contributed by atoms with van der Waals surface area (Å²) in [6.07, 6.45) is 11.8. The molecule has 1 N–H and O–H groups in total. The van der Waals surface area contributed by atoms with E-state index in [9.17, 15) is 14.4 Å². The molecule has 4 rings (SSSR count). The minimum absolute atomic E-state index is 0.232. The van der Waals surface area contributed by atoms with E-state index >= 15 is 0 Å². The summed E-state index contributed by atoms with van der Waals surface area (Å²) in [6.45, 7) is 0. The number of carboxylic acid groups (broad SMARTS) is 1. The quantitative estimate of drug-likeness (QED) is 0.174. The molecule has 0 spiro atoms. The molecule has 204 valence electrons. The fourth-order valence-electron chi connectivity index (χ4n) is 3.99. The number of carbonyl (C=O) groups is 3.